The van der Waals surface area contributed by atoms with Gasteiger partial charge in [-0.1, -0.05) is 6.07 Å². The van der Waals surface area contributed by atoms with Gasteiger partial charge in [0.05, 0.1) is 18.1 Å². The van der Waals surface area contributed by atoms with Crippen LogP contribution in [0.5, 0.6) is 0 Å². The van der Waals surface area contributed by atoms with Crippen molar-refractivity contribution in [3.63, 3.8) is 0 Å². The maximum Gasteiger partial charge on any atom is 0.238 e. The van der Waals surface area contributed by atoms with Crippen LogP contribution in [0.3, 0.4) is 0 Å². The summed E-state index contributed by atoms with van der Waals surface area (Å²) in [5.41, 5.74) is 3.54. The van der Waals surface area contributed by atoms with Crippen LogP contribution in [0.25, 0.3) is 0 Å². The predicted octanol–water partition coefficient (Wildman–Crippen LogP) is 1.23. The number of hydrogen-bond donors (Lipinski definition) is 1. The molecule has 0 spiro atoms. The molecule has 120 valence electrons. The lowest BCUT2D eigenvalue weighted by Gasteiger charge is -2.22. The molecule has 1 aliphatic heterocycles. The van der Waals surface area contributed by atoms with E-state index in [0.717, 1.165) is 18.5 Å². The molecule has 2 aliphatic rings. The third-order valence-electron chi connectivity index (χ3n) is 4.61. The maximum atomic E-state index is 12.1. The van der Waals surface area contributed by atoms with Crippen LogP contribution >= 0.6 is 0 Å². The fourth-order valence-electron chi connectivity index (χ4n) is 3.33. The van der Waals surface area contributed by atoms with Gasteiger partial charge in [-0.25, -0.2) is 8.42 Å². The Balaban J connectivity index is 1.56. The lowest BCUT2D eigenvalue weighted by molar-refractivity contribution is -0.117. The average Bonchev–Trinajstić information content (AvgIpc) is 3.04. The van der Waals surface area contributed by atoms with Crippen LogP contribution < -0.4 is 5.32 Å². The normalized spacial score (nSPS) is 22.7. The van der Waals surface area contributed by atoms with E-state index in [9.17, 15) is 13.2 Å². The highest BCUT2D eigenvalue weighted by molar-refractivity contribution is 7.91. The summed E-state index contributed by atoms with van der Waals surface area (Å²) in [7, 11) is -1.10. The number of nitrogens with one attached hydrogen (secondary N) is 1. The van der Waals surface area contributed by atoms with Gasteiger partial charge in [-0.15, -0.1) is 0 Å². The minimum Gasteiger partial charge on any atom is -0.325 e. The summed E-state index contributed by atoms with van der Waals surface area (Å²) in [6, 6.07) is 6.05. The van der Waals surface area contributed by atoms with Gasteiger partial charge in [0.25, 0.3) is 0 Å². The summed E-state index contributed by atoms with van der Waals surface area (Å²) >= 11 is 0. The molecule has 1 aromatic carbocycles. The molecule has 5 nitrogen and oxygen atoms in total. The molecular weight excluding hydrogens is 300 g/mol. The van der Waals surface area contributed by atoms with Crippen molar-refractivity contribution in [1.29, 1.82) is 0 Å². The van der Waals surface area contributed by atoms with E-state index in [4.69, 9.17) is 0 Å². The van der Waals surface area contributed by atoms with Gasteiger partial charge in [0.1, 0.15) is 0 Å². The number of aryl methyl sites for hydroxylation is 2. The summed E-state index contributed by atoms with van der Waals surface area (Å²) < 4.78 is 23.0. The van der Waals surface area contributed by atoms with Gasteiger partial charge >= 0.3 is 0 Å². The predicted molar refractivity (Wildman–Crippen MR) is 86.8 cm³/mol. The van der Waals surface area contributed by atoms with Crippen molar-refractivity contribution in [1.82, 2.24) is 4.90 Å². The van der Waals surface area contributed by atoms with Gasteiger partial charge in [-0.3, -0.25) is 9.69 Å². The van der Waals surface area contributed by atoms with Gasteiger partial charge in [0, 0.05) is 11.7 Å². The van der Waals surface area contributed by atoms with Crippen molar-refractivity contribution in [3.8, 4) is 0 Å². The minimum atomic E-state index is -2.92. The summed E-state index contributed by atoms with van der Waals surface area (Å²) in [5, 5.41) is 2.92. The molecule has 1 amide bonds. The number of sulfone groups is 1. The molecule has 3 rings (SSSR count). The number of nitrogens with zero attached hydrogens (tertiary/aromatic N) is 1. The highest BCUT2D eigenvalue weighted by Gasteiger charge is 2.31. The van der Waals surface area contributed by atoms with Crippen LogP contribution in [-0.4, -0.2) is 50.4 Å². The van der Waals surface area contributed by atoms with Gasteiger partial charge in [0.2, 0.25) is 5.91 Å². The first kappa shape index (κ1) is 15.5. The smallest absolute Gasteiger partial charge is 0.238 e. The van der Waals surface area contributed by atoms with E-state index in [0.29, 0.717) is 6.42 Å². The third kappa shape index (κ3) is 3.50. The molecule has 0 radical (unpaired) electrons. The second kappa shape index (κ2) is 6.01. The molecule has 1 aromatic rings. The van der Waals surface area contributed by atoms with E-state index in [1.54, 1.807) is 0 Å². The van der Waals surface area contributed by atoms with E-state index in [-0.39, 0.29) is 30.0 Å². The fraction of sp³-hybridized carbons (Fsp3) is 0.562. The van der Waals surface area contributed by atoms with Crippen molar-refractivity contribution in [2.75, 3.05) is 30.4 Å². The van der Waals surface area contributed by atoms with Crippen molar-refractivity contribution < 1.29 is 13.2 Å². The molecule has 1 atom stereocenters. The van der Waals surface area contributed by atoms with Gasteiger partial charge in [-0.05, 0) is 56.0 Å². The molecule has 22 heavy (non-hydrogen) atoms. The molecule has 0 aromatic heterocycles. The Bertz CT molecular complexity index is 685. The maximum absolute atomic E-state index is 12.1. The van der Waals surface area contributed by atoms with Gasteiger partial charge in [0.15, 0.2) is 9.84 Å². The number of fused-ring (bicyclic) bond motifs is 1. The molecule has 1 N–H and O–H groups in total. The number of hydrogen-bond acceptors (Lipinski definition) is 4. The summed E-state index contributed by atoms with van der Waals surface area (Å²) in [4.78, 5) is 14.0. The summed E-state index contributed by atoms with van der Waals surface area (Å²) in [6.07, 6.45) is 4.01. The van der Waals surface area contributed by atoms with E-state index >= 15 is 0 Å². The summed E-state index contributed by atoms with van der Waals surface area (Å²) in [6.45, 7) is 0.220. The van der Waals surface area contributed by atoms with Crippen LogP contribution in [-0.2, 0) is 27.5 Å². The number of carbonyl (C=O) groups is 1. The quantitative estimate of drug-likeness (QED) is 0.905. The Kier molecular flexibility index (Phi) is 4.23. The number of carbonyl (C=O) groups excluding carboxylic acids is 1. The van der Waals surface area contributed by atoms with Gasteiger partial charge in [-0.2, -0.15) is 0 Å². The molecule has 1 unspecified atom stereocenters. The van der Waals surface area contributed by atoms with Crippen LogP contribution in [0, 0.1) is 0 Å². The minimum absolute atomic E-state index is 0.0456. The van der Waals surface area contributed by atoms with Crippen LogP contribution in [0.4, 0.5) is 5.69 Å². The first-order chi connectivity index (χ1) is 10.4. The number of rotatable bonds is 4. The Morgan fingerprint density at radius 2 is 2.09 bits per heavy atom. The standard InChI is InChI=1S/C16H22N2O3S/c1-18(15-7-8-22(20,21)11-15)10-16(19)17-14-6-5-12-3-2-4-13(12)9-14/h5-6,9,15H,2-4,7-8,10-11H2,1H3,(H,17,19). The van der Waals surface area contributed by atoms with Crippen molar-refractivity contribution >= 4 is 21.4 Å². The molecule has 6 heteroatoms. The number of amides is 1. The topological polar surface area (TPSA) is 66.5 Å². The zero-order valence-electron chi connectivity index (χ0n) is 12.8. The van der Waals surface area contributed by atoms with E-state index in [2.05, 4.69) is 17.4 Å². The fourth-order valence-corrected chi connectivity index (χ4v) is 5.13. The second-order valence-corrected chi connectivity index (χ2v) is 8.59. The van der Waals surface area contributed by atoms with Crippen LogP contribution in [0.1, 0.15) is 24.0 Å². The van der Waals surface area contributed by atoms with E-state index in [1.165, 1.54) is 17.5 Å². The first-order valence-electron chi connectivity index (χ1n) is 7.75. The Hall–Kier alpha value is -1.40. The Labute approximate surface area is 131 Å². The number of benzene rings is 1. The van der Waals surface area contributed by atoms with Gasteiger partial charge < -0.3 is 5.32 Å². The van der Waals surface area contributed by atoms with E-state index in [1.807, 2.05) is 18.0 Å². The molecule has 1 heterocycles. The molecule has 0 saturated carbocycles. The van der Waals surface area contributed by atoms with Crippen molar-refractivity contribution in [2.45, 2.75) is 31.7 Å². The monoisotopic (exact) mass is 322 g/mol. The average molecular weight is 322 g/mol. The SMILES string of the molecule is CN(CC(=O)Nc1ccc2c(c1)CCC2)C1CCS(=O)(=O)C1. The molecule has 1 saturated heterocycles. The zero-order chi connectivity index (χ0) is 15.7. The number of likely N-dealkylation sites (N-methyl/N-ethyl adjacent to an activating group) is 1. The zero-order valence-corrected chi connectivity index (χ0v) is 13.7. The second-order valence-electron chi connectivity index (χ2n) is 6.36. The summed E-state index contributed by atoms with van der Waals surface area (Å²) in [5.74, 6) is 0.300. The number of anilines is 1. The van der Waals surface area contributed by atoms with Crippen molar-refractivity contribution in [3.05, 3.63) is 29.3 Å². The highest BCUT2D eigenvalue weighted by atomic mass is 32.2. The largest absolute Gasteiger partial charge is 0.325 e. The lowest BCUT2D eigenvalue weighted by Crippen LogP contribution is -2.38. The lowest BCUT2D eigenvalue weighted by atomic mass is 10.1. The Morgan fingerprint density at radius 1 is 1.32 bits per heavy atom. The molecule has 1 fully saturated rings. The van der Waals surface area contributed by atoms with Crippen LogP contribution in [0.2, 0.25) is 0 Å². The van der Waals surface area contributed by atoms with Crippen LogP contribution in [0.15, 0.2) is 18.2 Å². The Morgan fingerprint density at radius 3 is 2.82 bits per heavy atom. The molecule has 0 bridgehead atoms. The molecule has 1 aliphatic carbocycles. The third-order valence-corrected chi connectivity index (χ3v) is 6.36. The molecular formula is C16H22N2O3S. The van der Waals surface area contributed by atoms with E-state index < -0.39 is 9.84 Å². The first-order valence-corrected chi connectivity index (χ1v) is 9.57. The van der Waals surface area contributed by atoms with Crippen molar-refractivity contribution in [2.24, 2.45) is 0 Å². The highest BCUT2D eigenvalue weighted by Crippen LogP contribution is 2.25.